The Morgan fingerprint density at radius 3 is 2.71 bits per heavy atom. The average Bonchev–Trinajstić information content (AvgIpc) is 3.27. The Kier molecular flexibility index (Phi) is 3.66. The van der Waals surface area contributed by atoms with Crippen molar-refractivity contribution in [3.63, 3.8) is 0 Å². The van der Waals surface area contributed by atoms with E-state index in [1.807, 2.05) is 6.92 Å². The third kappa shape index (κ3) is 2.77. The molecule has 1 N–H and O–H groups in total. The molecule has 1 aromatic carbocycles. The SMILES string of the molecule is CCC1C(=O)NC(C2CC2)C(=O)N1Cc1cccc(F)c1. The van der Waals surface area contributed by atoms with Crippen molar-refractivity contribution in [2.75, 3.05) is 0 Å². The van der Waals surface area contributed by atoms with Gasteiger partial charge in [-0.15, -0.1) is 0 Å². The first kappa shape index (κ1) is 14.0. The molecule has 0 bridgehead atoms. The predicted molar refractivity (Wildman–Crippen MR) is 75.7 cm³/mol. The Labute approximate surface area is 123 Å². The molecule has 1 saturated heterocycles. The normalized spacial score (nSPS) is 25.9. The largest absolute Gasteiger partial charge is 0.342 e. The van der Waals surface area contributed by atoms with Crippen molar-refractivity contribution in [1.29, 1.82) is 0 Å². The molecule has 5 heteroatoms. The molecule has 2 aliphatic rings. The second-order valence-corrected chi connectivity index (χ2v) is 5.84. The number of carbonyl (C=O) groups is 2. The lowest BCUT2D eigenvalue weighted by Gasteiger charge is -2.39. The van der Waals surface area contributed by atoms with Gasteiger partial charge in [0, 0.05) is 6.54 Å². The number of carbonyl (C=O) groups excluding carboxylic acids is 2. The monoisotopic (exact) mass is 290 g/mol. The first-order chi connectivity index (χ1) is 10.1. The third-order valence-corrected chi connectivity index (χ3v) is 4.25. The van der Waals surface area contributed by atoms with Gasteiger partial charge in [-0.05, 0) is 42.9 Å². The molecule has 112 valence electrons. The van der Waals surface area contributed by atoms with Crippen molar-refractivity contribution in [3.8, 4) is 0 Å². The smallest absolute Gasteiger partial charge is 0.246 e. The number of amides is 2. The molecule has 2 amide bonds. The second kappa shape index (κ2) is 5.47. The minimum Gasteiger partial charge on any atom is -0.342 e. The van der Waals surface area contributed by atoms with Crippen molar-refractivity contribution >= 4 is 11.8 Å². The summed E-state index contributed by atoms with van der Waals surface area (Å²) in [5, 5.41) is 2.85. The van der Waals surface area contributed by atoms with Crippen molar-refractivity contribution in [3.05, 3.63) is 35.6 Å². The fraction of sp³-hybridized carbons (Fsp3) is 0.500. The van der Waals surface area contributed by atoms with Crippen LogP contribution in [0, 0.1) is 11.7 Å². The molecule has 4 nitrogen and oxygen atoms in total. The van der Waals surface area contributed by atoms with E-state index >= 15 is 0 Å². The molecule has 3 rings (SSSR count). The Hall–Kier alpha value is -1.91. The zero-order valence-corrected chi connectivity index (χ0v) is 12.0. The minimum absolute atomic E-state index is 0.0341. The van der Waals surface area contributed by atoms with E-state index in [9.17, 15) is 14.0 Å². The van der Waals surface area contributed by atoms with Crippen LogP contribution in [0.15, 0.2) is 24.3 Å². The van der Waals surface area contributed by atoms with Gasteiger partial charge in [0.05, 0.1) is 0 Å². The number of halogens is 1. The summed E-state index contributed by atoms with van der Waals surface area (Å²) >= 11 is 0. The van der Waals surface area contributed by atoms with Gasteiger partial charge in [0.25, 0.3) is 0 Å². The highest BCUT2D eigenvalue weighted by molar-refractivity contribution is 5.97. The molecule has 1 aromatic rings. The summed E-state index contributed by atoms with van der Waals surface area (Å²) in [6, 6.07) is 5.34. The van der Waals surface area contributed by atoms with Crippen LogP contribution in [-0.4, -0.2) is 28.8 Å². The van der Waals surface area contributed by atoms with Crippen LogP contribution in [0.25, 0.3) is 0 Å². The van der Waals surface area contributed by atoms with Gasteiger partial charge < -0.3 is 10.2 Å². The van der Waals surface area contributed by atoms with Crippen LogP contribution in [0.3, 0.4) is 0 Å². The van der Waals surface area contributed by atoms with E-state index in [0.717, 1.165) is 12.8 Å². The summed E-state index contributed by atoms with van der Waals surface area (Å²) < 4.78 is 13.3. The van der Waals surface area contributed by atoms with Crippen LogP contribution in [0.5, 0.6) is 0 Å². The molecule has 1 heterocycles. The highest BCUT2D eigenvalue weighted by atomic mass is 19.1. The first-order valence-electron chi connectivity index (χ1n) is 7.45. The van der Waals surface area contributed by atoms with Crippen LogP contribution in [0.4, 0.5) is 4.39 Å². The number of piperazine rings is 1. The zero-order chi connectivity index (χ0) is 15.0. The van der Waals surface area contributed by atoms with E-state index in [1.165, 1.54) is 12.1 Å². The molecule has 2 unspecified atom stereocenters. The van der Waals surface area contributed by atoms with Crippen molar-refractivity contribution in [2.24, 2.45) is 5.92 Å². The molecule has 0 spiro atoms. The quantitative estimate of drug-likeness (QED) is 0.920. The van der Waals surface area contributed by atoms with Crippen molar-refractivity contribution in [2.45, 2.75) is 44.8 Å². The maximum absolute atomic E-state index is 13.3. The molecule has 0 radical (unpaired) electrons. The third-order valence-electron chi connectivity index (χ3n) is 4.25. The van der Waals surface area contributed by atoms with Gasteiger partial charge >= 0.3 is 0 Å². The predicted octanol–water partition coefficient (Wildman–Crippen LogP) is 1.84. The Bertz CT molecular complexity index is 571. The minimum atomic E-state index is -0.462. The van der Waals surface area contributed by atoms with Gasteiger partial charge in [-0.1, -0.05) is 19.1 Å². The lowest BCUT2D eigenvalue weighted by atomic mass is 10.0. The molecular formula is C16H19FN2O2. The number of hydrogen-bond acceptors (Lipinski definition) is 2. The van der Waals surface area contributed by atoms with Crippen LogP contribution in [-0.2, 0) is 16.1 Å². The van der Waals surface area contributed by atoms with Gasteiger partial charge in [0.1, 0.15) is 17.9 Å². The van der Waals surface area contributed by atoms with Gasteiger partial charge in [-0.2, -0.15) is 0 Å². The van der Waals surface area contributed by atoms with E-state index in [-0.39, 0.29) is 30.1 Å². The summed E-state index contributed by atoms with van der Waals surface area (Å²) in [7, 11) is 0. The molecule has 21 heavy (non-hydrogen) atoms. The Balaban J connectivity index is 1.84. The molecule has 1 aliphatic carbocycles. The van der Waals surface area contributed by atoms with Gasteiger partial charge in [0.15, 0.2) is 0 Å². The standard InChI is InChI=1S/C16H19FN2O2/c1-2-13-15(20)18-14(11-6-7-11)16(21)19(13)9-10-4-3-5-12(17)8-10/h3-5,8,11,13-14H,2,6-7,9H2,1H3,(H,18,20). The van der Waals surface area contributed by atoms with E-state index in [4.69, 9.17) is 0 Å². The van der Waals surface area contributed by atoms with E-state index < -0.39 is 12.1 Å². The number of benzene rings is 1. The van der Waals surface area contributed by atoms with Gasteiger partial charge in [0.2, 0.25) is 11.8 Å². The topological polar surface area (TPSA) is 49.4 Å². The van der Waals surface area contributed by atoms with Crippen LogP contribution >= 0.6 is 0 Å². The summed E-state index contributed by atoms with van der Waals surface area (Å²) in [6.07, 6.45) is 2.53. The maximum Gasteiger partial charge on any atom is 0.246 e. The van der Waals surface area contributed by atoms with Gasteiger partial charge in [-0.25, -0.2) is 4.39 Å². The van der Waals surface area contributed by atoms with Crippen LogP contribution < -0.4 is 5.32 Å². The summed E-state index contributed by atoms with van der Waals surface area (Å²) in [4.78, 5) is 26.4. The fourth-order valence-electron chi connectivity index (χ4n) is 2.96. The number of hydrogen-bond donors (Lipinski definition) is 1. The molecule has 0 aromatic heterocycles. The number of rotatable bonds is 4. The van der Waals surface area contributed by atoms with Crippen molar-refractivity contribution < 1.29 is 14.0 Å². The lowest BCUT2D eigenvalue weighted by molar-refractivity contribution is -0.150. The molecular weight excluding hydrogens is 271 g/mol. The summed E-state index contributed by atoms with van der Waals surface area (Å²) in [6.45, 7) is 2.17. The molecule has 1 aliphatic heterocycles. The van der Waals surface area contributed by atoms with Crippen LogP contribution in [0.1, 0.15) is 31.7 Å². The molecule has 2 fully saturated rings. The first-order valence-corrected chi connectivity index (χ1v) is 7.45. The fourth-order valence-corrected chi connectivity index (χ4v) is 2.96. The number of nitrogens with zero attached hydrogens (tertiary/aromatic N) is 1. The summed E-state index contributed by atoms with van der Waals surface area (Å²) in [5.41, 5.74) is 0.714. The Morgan fingerprint density at radius 2 is 2.10 bits per heavy atom. The maximum atomic E-state index is 13.3. The number of nitrogens with one attached hydrogen (secondary N) is 1. The second-order valence-electron chi connectivity index (χ2n) is 5.84. The Morgan fingerprint density at radius 1 is 1.33 bits per heavy atom. The average molecular weight is 290 g/mol. The van der Waals surface area contributed by atoms with Gasteiger partial charge in [-0.3, -0.25) is 9.59 Å². The van der Waals surface area contributed by atoms with E-state index in [2.05, 4.69) is 5.32 Å². The van der Waals surface area contributed by atoms with Crippen LogP contribution in [0.2, 0.25) is 0 Å². The highest BCUT2D eigenvalue weighted by Gasteiger charge is 2.46. The zero-order valence-electron chi connectivity index (χ0n) is 12.0. The molecule has 1 saturated carbocycles. The van der Waals surface area contributed by atoms with Crippen molar-refractivity contribution in [1.82, 2.24) is 10.2 Å². The van der Waals surface area contributed by atoms with E-state index in [1.54, 1.807) is 17.0 Å². The lowest BCUT2D eigenvalue weighted by Crippen LogP contribution is -2.63. The summed E-state index contributed by atoms with van der Waals surface area (Å²) in [5.74, 6) is -0.180. The molecule has 2 atom stereocenters. The highest BCUT2D eigenvalue weighted by Crippen LogP contribution is 2.35. The van der Waals surface area contributed by atoms with E-state index in [0.29, 0.717) is 12.0 Å².